The summed E-state index contributed by atoms with van der Waals surface area (Å²) in [6, 6.07) is 6.77. The van der Waals surface area contributed by atoms with Gasteiger partial charge >= 0.3 is 0 Å². The van der Waals surface area contributed by atoms with E-state index in [9.17, 15) is 0 Å². The van der Waals surface area contributed by atoms with Crippen LogP contribution in [0.2, 0.25) is 0 Å². The first kappa shape index (κ1) is 14.0. The summed E-state index contributed by atoms with van der Waals surface area (Å²) in [7, 11) is 0. The van der Waals surface area contributed by atoms with Gasteiger partial charge in [-0.25, -0.2) is 0 Å². The molecular formula is C14H20Cl2N2. The third-order valence-electron chi connectivity index (χ3n) is 3.56. The standard InChI is InChI=1S/C14H20Cl2N2/c15-6-8-18(9-7-16)12-5-4-11-2-1-3-14(17)13(11)10-12/h4-5,10,14H,1-3,6-9,17H2. The van der Waals surface area contributed by atoms with Crippen molar-refractivity contribution in [2.75, 3.05) is 29.7 Å². The van der Waals surface area contributed by atoms with Crippen LogP contribution in [0.25, 0.3) is 0 Å². The molecule has 0 amide bonds. The second-order valence-corrected chi connectivity index (χ2v) is 5.50. The molecule has 1 aromatic rings. The Labute approximate surface area is 119 Å². The van der Waals surface area contributed by atoms with Crippen LogP contribution in [0.1, 0.15) is 30.0 Å². The smallest absolute Gasteiger partial charge is 0.0399 e. The van der Waals surface area contributed by atoms with Crippen LogP contribution >= 0.6 is 23.2 Å². The second kappa shape index (κ2) is 6.65. The summed E-state index contributed by atoms with van der Waals surface area (Å²) >= 11 is 11.7. The maximum atomic E-state index is 6.19. The molecule has 4 heteroatoms. The fourth-order valence-electron chi connectivity index (χ4n) is 2.59. The maximum Gasteiger partial charge on any atom is 0.0399 e. The lowest BCUT2D eigenvalue weighted by Crippen LogP contribution is -2.28. The molecule has 2 nitrogen and oxygen atoms in total. The predicted octanol–water partition coefficient (Wildman–Crippen LogP) is 3.31. The van der Waals surface area contributed by atoms with E-state index in [0.717, 1.165) is 25.9 Å². The van der Waals surface area contributed by atoms with Gasteiger partial charge in [0.15, 0.2) is 0 Å². The molecule has 0 spiro atoms. The highest BCUT2D eigenvalue weighted by atomic mass is 35.5. The summed E-state index contributed by atoms with van der Waals surface area (Å²) in [6.45, 7) is 1.64. The molecule has 0 radical (unpaired) electrons. The molecule has 18 heavy (non-hydrogen) atoms. The van der Waals surface area contributed by atoms with E-state index in [0.29, 0.717) is 11.8 Å². The van der Waals surface area contributed by atoms with E-state index in [-0.39, 0.29) is 6.04 Å². The van der Waals surface area contributed by atoms with E-state index in [1.807, 2.05) is 0 Å². The van der Waals surface area contributed by atoms with Gasteiger partial charge in [0, 0.05) is 36.6 Å². The van der Waals surface area contributed by atoms with Gasteiger partial charge in [-0.05, 0) is 42.5 Å². The lowest BCUT2D eigenvalue weighted by molar-refractivity contribution is 0.570. The van der Waals surface area contributed by atoms with E-state index in [2.05, 4.69) is 23.1 Å². The van der Waals surface area contributed by atoms with Crippen molar-refractivity contribution in [3.63, 3.8) is 0 Å². The van der Waals surface area contributed by atoms with E-state index in [1.165, 1.54) is 23.2 Å². The van der Waals surface area contributed by atoms with Gasteiger partial charge in [0.2, 0.25) is 0 Å². The molecule has 2 N–H and O–H groups in total. The molecule has 1 atom stereocenters. The first-order valence-electron chi connectivity index (χ1n) is 6.51. The molecule has 1 aliphatic rings. The molecule has 0 heterocycles. The molecule has 1 aromatic carbocycles. The van der Waals surface area contributed by atoms with Crippen LogP contribution < -0.4 is 10.6 Å². The number of alkyl halides is 2. The Morgan fingerprint density at radius 2 is 1.94 bits per heavy atom. The Balaban J connectivity index is 2.25. The topological polar surface area (TPSA) is 29.3 Å². The minimum absolute atomic E-state index is 0.183. The summed E-state index contributed by atoms with van der Waals surface area (Å²) in [5, 5.41) is 0. The van der Waals surface area contributed by atoms with Crippen LogP contribution in [0.3, 0.4) is 0 Å². The number of rotatable bonds is 5. The number of fused-ring (bicyclic) bond motifs is 1. The minimum atomic E-state index is 0.183. The lowest BCUT2D eigenvalue weighted by atomic mass is 9.88. The van der Waals surface area contributed by atoms with Crippen molar-refractivity contribution in [1.82, 2.24) is 0 Å². The van der Waals surface area contributed by atoms with Crippen LogP contribution in [0.5, 0.6) is 0 Å². The zero-order valence-corrected chi connectivity index (χ0v) is 12.1. The Kier molecular flexibility index (Phi) is 5.16. The average Bonchev–Trinajstić information content (AvgIpc) is 2.39. The fraction of sp³-hybridized carbons (Fsp3) is 0.571. The normalized spacial score (nSPS) is 18.5. The Bertz CT molecular complexity index is 389. The van der Waals surface area contributed by atoms with Crippen molar-refractivity contribution in [3.05, 3.63) is 29.3 Å². The van der Waals surface area contributed by atoms with Crippen LogP contribution in [-0.2, 0) is 6.42 Å². The number of aryl methyl sites for hydroxylation is 1. The highest BCUT2D eigenvalue weighted by molar-refractivity contribution is 6.18. The number of hydrogen-bond donors (Lipinski definition) is 1. The number of anilines is 1. The molecule has 0 aromatic heterocycles. The van der Waals surface area contributed by atoms with Gasteiger partial charge < -0.3 is 10.6 Å². The average molecular weight is 287 g/mol. The first-order chi connectivity index (χ1) is 8.76. The van der Waals surface area contributed by atoms with Crippen molar-refractivity contribution >= 4 is 28.9 Å². The van der Waals surface area contributed by atoms with Gasteiger partial charge in [-0.3, -0.25) is 0 Å². The molecule has 0 bridgehead atoms. The number of halogens is 2. The largest absolute Gasteiger partial charge is 0.369 e. The third-order valence-corrected chi connectivity index (χ3v) is 3.90. The SMILES string of the molecule is NC1CCCc2ccc(N(CCCl)CCCl)cc21. The van der Waals surface area contributed by atoms with E-state index in [1.54, 1.807) is 0 Å². The molecule has 0 aliphatic heterocycles. The summed E-state index contributed by atoms with van der Waals surface area (Å²) in [4.78, 5) is 2.22. The van der Waals surface area contributed by atoms with E-state index >= 15 is 0 Å². The fourth-order valence-corrected chi connectivity index (χ4v) is 3.00. The van der Waals surface area contributed by atoms with E-state index in [4.69, 9.17) is 28.9 Å². The predicted molar refractivity (Wildman–Crippen MR) is 80.0 cm³/mol. The van der Waals surface area contributed by atoms with Crippen molar-refractivity contribution in [2.24, 2.45) is 5.73 Å². The molecule has 0 saturated heterocycles. The van der Waals surface area contributed by atoms with Gasteiger partial charge in [-0.1, -0.05) is 6.07 Å². The zero-order chi connectivity index (χ0) is 13.0. The molecule has 1 aliphatic carbocycles. The highest BCUT2D eigenvalue weighted by Crippen LogP contribution is 2.31. The van der Waals surface area contributed by atoms with Crippen LogP contribution in [0.15, 0.2) is 18.2 Å². The maximum absolute atomic E-state index is 6.19. The van der Waals surface area contributed by atoms with Gasteiger partial charge in [0.1, 0.15) is 0 Å². The number of benzene rings is 1. The van der Waals surface area contributed by atoms with Gasteiger partial charge in [-0.15, -0.1) is 23.2 Å². The number of nitrogens with two attached hydrogens (primary N) is 1. The summed E-state index contributed by atoms with van der Waals surface area (Å²) in [5.74, 6) is 1.22. The molecule has 100 valence electrons. The zero-order valence-electron chi connectivity index (χ0n) is 10.5. The minimum Gasteiger partial charge on any atom is -0.369 e. The summed E-state index contributed by atoms with van der Waals surface area (Å²) < 4.78 is 0. The van der Waals surface area contributed by atoms with Crippen molar-refractivity contribution < 1.29 is 0 Å². The van der Waals surface area contributed by atoms with E-state index < -0.39 is 0 Å². The van der Waals surface area contributed by atoms with Gasteiger partial charge in [-0.2, -0.15) is 0 Å². The summed E-state index contributed by atoms with van der Waals surface area (Å²) in [5.41, 5.74) is 10.1. The Morgan fingerprint density at radius 3 is 2.61 bits per heavy atom. The third kappa shape index (κ3) is 3.11. The Morgan fingerprint density at radius 1 is 1.22 bits per heavy atom. The number of hydrogen-bond acceptors (Lipinski definition) is 2. The summed E-state index contributed by atoms with van der Waals surface area (Å²) in [6.07, 6.45) is 3.43. The second-order valence-electron chi connectivity index (χ2n) is 4.75. The first-order valence-corrected chi connectivity index (χ1v) is 7.58. The molecular weight excluding hydrogens is 267 g/mol. The molecule has 2 rings (SSSR count). The van der Waals surface area contributed by atoms with Crippen molar-refractivity contribution in [1.29, 1.82) is 0 Å². The van der Waals surface area contributed by atoms with Gasteiger partial charge in [0.25, 0.3) is 0 Å². The number of nitrogens with zero attached hydrogens (tertiary/aromatic N) is 1. The highest BCUT2D eigenvalue weighted by Gasteiger charge is 2.18. The van der Waals surface area contributed by atoms with Crippen molar-refractivity contribution in [2.45, 2.75) is 25.3 Å². The lowest BCUT2D eigenvalue weighted by Gasteiger charge is -2.27. The van der Waals surface area contributed by atoms with Crippen LogP contribution in [-0.4, -0.2) is 24.8 Å². The monoisotopic (exact) mass is 286 g/mol. The molecule has 0 fully saturated rings. The van der Waals surface area contributed by atoms with Crippen LogP contribution in [0.4, 0.5) is 5.69 Å². The Hall–Kier alpha value is -0.440. The van der Waals surface area contributed by atoms with Gasteiger partial charge in [0.05, 0.1) is 0 Å². The quantitative estimate of drug-likeness (QED) is 0.842. The molecule has 0 saturated carbocycles. The van der Waals surface area contributed by atoms with Crippen molar-refractivity contribution in [3.8, 4) is 0 Å². The van der Waals surface area contributed by atoms with Crippen LogP contribution in [0, 0.1) is 0 Å². The molecule has 1 unspecified atom stereocenters.